The van der Waals surface area contributed by atoms with Gasteiger partial charge >= 0.3 is 0 Å². The molecule has 0 aliphatic heterocycles. The summed E-state index contributed by atoms with van der Waals surface area (Å²) in [6.07, 6.45) is 4.18. The molecule has 0 aromatic heterocycles. The van der Waals surface area contributed by atoms with Gasteiger partial charge in [-0.05, 0) is 43.2 Å². The molecule has 0 spiro atoms. The summed E-state index contributed by atoms with van der Waals surface area (Å²) in [5.41, 5.74) is 1.81. The number of carbonyl (C=O) groups excluding carboxylic acids is 1. The molecule has 27 heavy (non-hydrogen) atoms. The van der Waals surface area contributed by atoms with Gasteiger partial charge in [-0.15, -0.1) is 0 Å². The van der Waals surface area contributed by atoms with Crippen LogP contribution in [0, 0.1) is 0 Å². The number of para-hydroxylation sites is 1. The van der Waals surface area contributed by atoms with E-state index in [2.05, 4.69) is 12.2 Å². The van der Waals surface area contributed by atoms with E-state index >= 15 is 0 Å². The second-order valence-electron chi connectivity index (χ2n) is 5.85. The number of methoxy groups -OCH3 is 1. The van der Waals surface area contributed by atoms with Crippen LogP contribution < -0.4 is 19.5 Å². The van der Waals surface area contributed by atoms with Crippen molar-refractivity contribution in [1.29, 1.82) is 0 Å². The summed E-state index contributed by atoms with van der Waals surface area (Å²) < 4.78 is 16.6. The second-order valence-corrected chi connectivity index (χ2v) is 5.85. The molecule has 0 atom stereocenters. The molecule has 0 heterocycles. The van der Waals surface area contributed by atoms with E-state index < -0.39 is 0 Å². The van der Waals surface area contributed by atoms with Gasteiger partial charge in [0.05, 0.1) is 20.3 Å². The highest BCUT2D eigenvalue weighted by atomic mass is 16.5. The summed E-state index contributed by atoms with van der Waals surface area (Å²) in [6, 6.07) is 13.3. The number of carbonyl (C=O) groups is 1. The predicted octanol–water partition coefficient (Wildman–Crippen LogP) is 4.21. The number of benzene rings is 2. The van der Waals surface area contributed by atoms with Crippen molar-refractivity contribution in [2.75, 3.05) is 20.3 Å². The first-order valence-electron chi connectivity index (χ1n) is 9.15. The van der Waals surface area contributed by atoms with Gasteiger partial charge in [-0.1, -0.05) is 31.2 Å². The average molecular weight is 369 g/mol. The summed E-state index contributed by atoms with van der Waals surface area (Å²) in [4.78, 5) is 12.1. The van der Waals surface area contributed by atoms with Crippen LogP contribution in [0.1, 0.15) is 31.4 Å². The van der Waals surface area contributed by atoms with Gasteiger partial charge in [0.2, 0.25) is 5.91 Å². The van der Waals surface area contributed by atoms with E-state index in [4.69, 9.17) is 14.2 Å². The van der Waals surface area contributed by atoms with E-state index in [1.54, 1.807) is 13.2 Å². The van der Waals surface area contributed by atoms with Crippen LogP contribution in [0.5, 0.6) is 17.2 Å². The molecule has 2 rings (SSSR count). The van der Waals surface area contributed by atoms with Crippen LogP contribution in [-0.2, 0) is 11.3 Å². The van der Waals surface area contributed by atoms with Crippen molar-refractivity contribution in [2.45, 2.75) is 26.8 Å². The number of ether oxygens (including phenoxy) is 3. The summed E-state index contributed by atoms with van der Waals surface area (Å²) in [7, 11) is 1.60. The van der Waals surface area contributed by atoms with Gasteiger partial charge in [-0.2, -0.15) is 0 Å². The number of nitrogens with one attached hydrogen (secondary N) is 1. The first kappa shape index (κ1) is 20.4. The topological polar surface area (TPSA) is 56.8 Å². The van der Waals surface area contributed by atoms with Gasteiger partial charge in [0.15, 0.2) is 11.5 Å². The molecule has 0 saturated heterocycles. The van der Waals surface area contributed by atoms with E-state index in [0.29, 0.717) is 31.3 Å². The zero-order valence-corrected chi connectivity index (χ0v) is 16.2. The maximum atomic E-state index is 12.1. The number of hydrogen-bond donors (Lipinski definition) is 1. The fourth-order valence-corrected chi connectivity index (χ4v) is 2.48. The van der Waals surface area contributed by atoms with Crippen molar-refractivity contribution in [2.24, 2.45) is 0 Å². The third kappa shape index (κ3) is 6.37. The minimum absolute atomic E-state index is 0.174. The average Bonchev–Trinajstić information content (AvgIpc) is 2.70. The highest BCUT2D eigenvalue weighted by Crippen LogP contribution is 2.28. The quantitative estimate of drug-likeness (QED) is 0.637. The van der Waals surface area contributed by atoms with E-state index in [1.165, 1.54) is 6.08 Å². The van der Waals surface area contributed by atoms with Gasteiger partial charge in [0, 0.05) is 18.2 Å². The van der Waals surface area contributed by atoms with Crippen molar-refractivity contribution in [3.8, 4) is 17.2 Å². The fraction of sp³-hybridized carbons (Fsp3) is 0.318. The predicted molar refractivity (Wildman–Crippen MR) is 107 cm³/mol. The first-order valence-corrected chi connectivity index (χ1v) is 9.15. The van der Waals surface area contributed by atoms with Crippen LogP contribution >= 0.6 is 0 Å². The summed E-state index contributed by atoms with van der Waals surface area (Å²) in [5.74, 6) is 1.97. The highest BCUT2D eigenvalue weighted by molar-refractivity contribution is 5.91. The third-order valence-electron chi connectivity index (χ3n) is 3.80. The molecule has 2 aromatic carbocycles. The maximum Gasteiger partial charge on any atom is 0.244 e. The standard InChI is InChI=1S/C22H27NO4/c1-4-14-27-20-12-10-17(15-21(20)25-3)11-13-22(24)23-16-18-8-6-7-9-19(18)26-5-2/h6-13,15H,4-5,14,16H2,1-3H3,(H,23,24). The maximum absolute atomic E-state index is 12.1. The Morgan fingerprint density at radius 2 is 1.85 bits per heavy atom. The Balaban J connectivity index is 1.96. The molecule has 5 nitrogen and oxygen atoms in total. The van der Waals surface area contributed by atoms with Crippen molar-refractivity contribution in [1.82, 2.24) is 5.32 Å². The molecule has 0 aliphatic rings. The molecule has 0 unspecified atom stereocenters. The van der Waals surface area contributed by atoms with Crippen molar-refractivity contribution in [3.05, 3.63) is 59.7 Å². The lowest BCUT2D eigenvalue weighted by atomic mass is 10.1. The lowest BCUT2D eigenvalue weighted by Crippen LogP contribution is -2.20. The monoisotopic (exact) mass is 369 g/mol. The second kappa shape index (κ2) is 10.9. The molecule has 144 valence electrons. The molecule has 0 aliphatic carbocycles. The van der Waals surface area contributed by atoms with E-state index in [9.17, 15) is 4.79 Å². The SMILES string of the molecule is CCCOc1ccc(C=CC(=O)NCc2ccccc2OCC)cc1OC. The molecule has 1 amide bonds. The summed E-state index contributed by atoms with van der Waals surface area (Å²) in [6.45, 7) is 5.62. The Morgan fingerprint density at radius 3 is 2.59 bits per heavy atom. The number of amides is 1. The van der Waals surface area contributed by atoms with Gasteiger partial charge in [0.25, 0.3) is 0 Å². The Labute approximate surface area is 161 Å². The highest BCUT2D eigenvalue weighted by Gasteiger charge is 2.06. The fourth-order valence-electron chi connectivity index (χ4n) is 2.48. The summed E-state index contributed by atoms with van der Waals surface area (Å²) in [5, 5.41) is 2.87. The Bertz CT molecular complexity index is 771. The van der Waals surface area contributed by atoms with Gasteiger partial charge in [-0.25, -0.2) is 0 Å². The van der Waals surface area contributed by atoms with Gasteiger partial charge in [-0.3, -0.25) is 4.79 Å². The van der Waals surface area contributed by atoms with E-state index in [0.717, 1.165) is 23.3 Å². The minimum Gasteiger partial charge on any atom is -0.494 e. The molecular formula is C22H27NO4. The van der Waals surface area contributed by atoms with Crippen LogP contribution in [0.3, 0.4) is 0 Å². The number of hydrogen-bond acceptors (Lipinski definition) is 4. The zero-order valence-electron chi connectivity index (χ0n) is 16.2. The van der Waals surface area contributed by atoms with E-state index in [-0.39, 0.29) is 5.91 Å². The molecular weight excluding hydrogens is 342 g/mol. The van der Waals surface area contributed by atoms with E-state index in [1.807, 2.05) is 49.4 Å². The molecule has 0 fully saturated rings. The largest absolute Gasteiger partial charge is 0.494 e. The van der Waals surface area contributed by atoms with Crippen molar-refractivity contribution >= 4 is 12.0 Å². The third-order valence-corrected chi connectivity index (χ3v) is 3.80. The molecule has 0 radical (unpaired) electrons. The molecule has 0 saturated carbocycles. The first-order chi connectivity index (χ1) is 13.2. The lowest BCUT2D eigenvalue weighted by Gasteiger charge is -2.11. The van der Waals surface area contributed by atoms with Crippen LogP contribution in [0.4, 0.5) is 0 Å². The molecule has 0 bridgehead atoms. The normalized spacial score (nSPS) is 10.6. The Morgan fingerprint density at radius 1 is 1.04 bits per heavy atom. The Hall–Kier alpha value is -2.95. The van der Waals surface area contributed by atoms with Crippen LogP contribution in [0.2, 0.25) is 0 Å². The zero-order chi connectivity index (χ0) is 19.5. The van der Waals surface area contributed by atoms with Crippen molar-refractivity contribution in [3.63, 3.8) is 0 Å². The molecule has 1 N–H and O–H groups in total. The summed E-state index contributed by atoms with van der Waals surface area (Å²) >= 11 is 0. The Kier molecular flexibility index (Phi) is 8.23. The van der Waals surface area contributed by atoms with Gasteiger partial charge in [0.1, 0.15) is 5.75 Å². The van der Waals surface area contributed by atoms with Crippen LogP contribution in [0.25, 0.3) is 6.08 Å². The lowest BCUT2D eigenvalue weighted by molar-refractivity contribution is -0.116. The molecule has 2 aromatic rings. The minimum atomic E-state index is -0.174. The van der Waals surface area contributed by atoms with Crippen molar-refractivity contribution < 1.29 is 19.0 Å². The van der Waals surface area contributed by atoms with Crippen LogP contribution in [-0.4, -0.2) is 26.2 Å². The number of rotatable bonds is 10. The molecule has 5 heteroatoms. The van der Waals surface area contributed by atoms with Gasteiger partial charge < -0.3 is 19.5 Å². The smallest absolute Gasteiger partial charge is 0.244 e. The van der Waals surface area contributed by atoms with Crippen LogP contribution in [0.15, 0.2) is 48.5 Å².